The summed E-state index contributed by atoms with van der Waals surface area (Å²) in [6.07, 6.45) is 3.47. The summed E-state index contributed by atoms with van der Waals surface area (Å²) in [5, 5.41) is 2.98. The third-order valence-electron chi connectivity index (χ3n) is 4.70. The number of rotatable bonds is 10. The highest BCUT2D eigenvalue weighted by Crippen LogP contribution is 2.15. The number of carbonyl (C=O) groups is 2. The van der Waals surface area contributed by atoms with Crippen LogP contribution in [0.15, 0.2) is 54.6 Å². The molecule has 1 N–H and O–H groups in total. The maximum absolute atomic E-state index is 13.2. The third-order valence-corrected chi connectivity index (χ3v) is 4.70. The van der Waals surface area contributed by atoms with Crippen molar-refractivity contribution in [2.45, 2.75) is 52.1 Å². The number of nitrogens with zero attached hydrogens (tertiary/aromatic N) is 1. The summed E-state index contributed by atoms with van der Waals surface area (Å²) in [4.78, 5) is 26.9. The van der Waals surface area contributed by atoms with E-state index in [1.807, 2.05) is 30.3 Å². The maximum Gasteiger partial charge on any atom is 0.243 e. The molecule has 0 aromatic heterocycles. The highest BCUT2D eigenvalue weighted by Gasteiger charge is 2.28. The van der Waals surface area contributed by atoms with E-state index in [0.29, 0.717) is 13.0 Å². The molecule has 0 bridgehead atoms. The quantitative estimate of drug-likeness (QED) is 0.627. The van der Waals surface area contributed by atoms with Gasteiger partial charge in [-0.15, -0.1) is 0 Å². The summed E-state index contributed by atoms with van der Waals surface area (Å²) in [5.41, 5.74) is 1.77. The molecule has 4 nitrogen and oxygen atoms in total. The van der Waals surface area contributed by atoms with Crippen molar-refractivity contribution in [2.75, 3.05) is 6.54 Å². The Morgan fingerprint density at radius 2 is 1.68 bits per heavy atom. The topological polar surface area (TPSA) is 49.4 Å². The summed E-state index contributed by atoms with van der Waals surface area (Å²) in [6, 6.07) is 15.1. The lowest BCUT2D eigenvalue weighted by Gasteiger charge is -2.30. The van der Waals surface area contributed by atoms with Crippen molar-refractivity contribution >= 4 is 11.8 Å². The van der Waals surface area contributed by atoms with Gasteiger partial charge >= 0.3 is 0 Å². The predicted octanol–water partition coefficient (Wildman–Crippen LogP) is 4.09. The molecule has 28 heavy (non-hydrogen) atoms. The van der Waals surface area contributed by atoms with Crippen LogP contribution < -0.4 is 5.32 Å². The van der Waals surface area contributed by atoms with Crippen LogP contribution in [-0.2, 0) is 22.6 Å². The fourth-order valence-corrected chi connectivity index (χ4v) is 3.11. The Morgan fingerprint density at radius 1 is 1.00 bits per heavy atom. The summed E-state index contributed by atoms with van der Waals surface area (Å²) >= 11 is 0. The molecular formula is C23H29FN2O2. The van der Waals surface area contributed by atoms with Crippen LogP contribution in [0.2, 0.25) is 0 Å². The normalized spacial score (nSPS) is 11.7. The van der Waals surface area contributed by atoms with E-state index in [4.69, 9.17) is 0 Å². The Kier molecular flexibility index (Phi) is 8.66. The van der Waals surface area contributed by atoms with Gasteiger partial charge in [-0.25, -0.2) is 4.39 Å². The van der Waals surface area contributed by atoms with Crippen LogP contribution in [0.5, 0.6) is 0 Å². The van der Waals surface area contributed by atoms with Gasteiger partial charge in [0.25, 0.3) is 0 Å². The molecule has 0 aliphatic rings. The molecule has 2 aromatic rings. The van der Waals surface area contributed by atoms with Gasteiger partial charge in [0.1, 0.15) is 11.9 Å². The van der Waals surface area contributed by atoms with Crippen molar-refractivity contribution in [3.8, 4) is 0 Å². The van der Waals surface area contributed by atoms with E-state index in [9.17, 15) is 14.0 Å². The summed E-state index contributed by atoms with van der Waals surface area (Å²) < 4.78 is 13.2. The standard InChI is InChI=1S/C23H29FN2O2/c1-3-4-8-15-25-23(28)22(16-19-9-6-5-7-10-19)26(18(2)27)17-20-11-13-21(24)14-12-20/h5-7,9-14,22H,3-4,8,15-17H2,1-2H3,(H,25,28)/t22-/m0/s1. The molecule has 1 atom stereocenters. The molecule has 0 unspecified atom stereocenters. The molecule has 0 saturated heterocycles. The number of hydrogen-bond acceptors (Lipinski definition) is 2. The van der Waals surface area contributed by atoms with E-state index in [2.05, 4.69) is 12.2 Å². The summed E-state index contributed by atoms with van der Waals surface area (Å²) in [7, 11) is 0. The maximum atomic E-state index is 13.2. The highest BCUT2D eigenvalue weighted by atomic mass is 19.1. The number of benzene rings is 2. The lowest BCUT2D eigenvalue weighted by molar-refractivity contribution is -0.139. The molecule has 0 spiro atoms. The van der Waals surface area contributed by atoms with E-state index in [1.54, 1.807) is 17.0 Å². The van der Waals surface area contributed by atoms with Crippen LogP contribution in [0, 0.1) is 5.82 Å². The molecule has 2 rings (SSSR count). The first-order valence-electron chi connectivity index (χ1n) is 9.84. The highest BCUT2D eigenvalue weighted by molar-refractivity contribution is 5.87. The van der Waals surface area contributed by atoms with Gasteiger partial charge in [-0.1, -0.05) is 62.2 Å². The van der Waals surface area contributed by atoms with Gasteiger partial charge in [0.05, 0.1) is 0 Å². The first kappa shape index (κ1) is 21.6. The van der Waals surface area contributed by atoms with Crippen molar-refractivity contribution in [3.05, 3.63) is 71.5 Å². The minimum absolute atomic E-state index is 0.155. The lowest BCUT2D eigenvalue weighted by Crippen LogP contribution is -2.50. The number of hydrogen-bond donors (Lipinski definition) is 1. The van der Waals surface area contributed by atoms with Gasteiger partial charge in [0.2, 0.25) is 11.8 Å². The SMILES string of the molecule is CCCCCNC(=O)[C@H](Cc1ccccc1)N(Cc1ccc(F)cc1)C(C)=O. The summed E-state index contributed by atoms with van der Waals surface area (Å²) in [5.74, 6) is -0.668. The van der Waals surface area contributed by atoms with Crippen molar-refractivity contribution in [3.63, 3.8) is 0 Å². The average molecular weight is 384 g/mol. The fraction of sp³-hybridized carbons (Fsp3) is 0.391. The zero-order chi connectivity index (χ0) is 20.4. The fourth-order valence-electron chi connectivity index (χ4n) is 3.11. The van der Waals surface area contributed by atoms with Gasteiger partial charge in [0, 0.05) is 26.4 Å². The largest absolute Gasteiger partial charge is 0.354 e. The Bertz CT molecular complexity index is 747. The molecule has 5 heteroatoms. The number of amides is 2. The second-order valence-corrected chi connectivity index (χ2v) is 6.98. The second-order valence-electron chi connectivity index (χ2n) is 6.98. The second kappa shape index (κ2) is 11.2. The minimum atomic E-state index is -0.619. The number of nitrogens with one attached hydrogen (secondary N) is 1. The molecule has 2 amide bonds. The van der Waals surface area contributed by atoms with Gasteiger partial charge in [-0.05, 0) is 29.7 Å². The molecular weight excluding hydrogens is 355 g/mol. The average Bonchev–Trinajstić information content (AvgIpc) is 2.70. The van der Waals surface area contributed by atoms with Gasteiger partial charge in [-0.2, -0.15) is 0 Å². The molecule has 0 aliphatic heterocycles. The zero-order valence-electron chi connectivity index (χ0n) is 16.7. The van der Waals surface area contributed by atoms with Crippen LogP contribution >= 0.6 is 0 Å². The monoisotopic (exact) mass is 384 g/mol. The lowest BCUT2D eigenvalue weighted by atomic mass is 10.0. The third kappa shape index (κ3) is 6.80. The van der Waals surface area contributed by atoms with Crippen LogP contribution in [0.1, 0.15) is 44.2 Å². The predicted molar refractivity (Wildman–Crippen MR) is 109 cm³/mol. The van der Waals surface area contributed by atoms with Crippen LogP contribution in [0.25, 0.3) is 0 Å². The minimum Gasteiger partial charge on any atom is -0.354 e. The van der Waals surface area contributed by atoms with Gasteiger partial charge in [-0.3, -0.25) is 9.59 Å². The van der Waals surface area contributed by atoms with Crippen LogP contribution in [-0.4, -0.2) is 29.3 Å². The Labute approximate surface area is 166 Å². The number of halogens is 1. The summed E-state index contributed by atoms with van der Waals surface area (Å²) in [6.45, 7) is 4.43. The van der Waals surface area contributed by atoms with Gasteiger partial charge < -0.3 is 10.2 Å². The number of unbranched alkanes of at least 4 members (excludes halogenated alkanes) is 2. The molecule has 0 radical (unpaired) electrons. The molecule has 0 saturated carbocycles. The van der Waals surface area contributed by atoms with E-state index in [0.717, 1.165) is 30.4 Å². The Morgan fingerprint density at radius 3 is 2.29 bits per heavy atom. The van der Waals surface area contributed by atoms with E-state index < -0.39 is 6.04 Å². The molecule has 0 fully saturated rings. The van der Waals surface area contributed by atoms with E-state index in [-0.39, 0.29) is 24.2 Å². The van der Waals surface area contributed by atoms with Crippen molar-refractivity contribution < 1.29 is 14.0 Å². The van der Waals surface area contributed by atoms with E-state index >= 15 is 0 Å². The van der Waals surface area contributed by atoms with Crippen LogP contribution in [0.3, 0.4) is 0 Å². The number of carbonyl (C=O) groups excluding carboxylic acids is 2. The Hall–Kier alpha value is -2.69. The van der Waals surface area contributed by atoms with Crippen molar-refractivity contribution in [2.24, 2.45) is 0 Å². The first-order valence-corrected chi connectivity index (χ1v) is 9.84. The first-order chi connectivity index (χ1) is 13.5. The molecule has 2 aromatic carbocycles. The van der Waals surface area contributed by atoms with Gasteiger partial charge in [0.15, 0.2) is 0 Å². The molecule has 0 heterocycles. The van der Waals surface area contributed by atoms with Crippen molar-refractivity contribution in [1.29, 1.82) is 0 Å². The molecule has 150 valence electrons. The zero-order valence-corrected chi connectivity index (χ0v) is 16.7. The molecule has 0 aliphatic carbocycles. The van der Waals surface area contributed by atoms with Crippen LogP contribution in [0.4, 0.5) is 4.39 Å². The smallest absolute Gasteiger partial charge is 0.243 e. The van der Waals surface area contributed by atoms with E-state index in [1.165, 1.54) is 19.1 Å². The van der Waals surface area contributed by atoms with Crippen molar-refractivity contribution in [1.82, 2.24) is 10.2 Å². The Balaban J connectivity index is 2.20.